The number of halogens is 1. The molecule has 7 heteroatoms. The molecule has 2 atom stereocenters. The number of carbonyl (C=O) groups is 4. The summed E-state index contributed by atoms with van der Waals surface area (Å²) in [5.41, 5.74) is 0.529. The zero-order valence-electron chi connectivity index (χ0n) is 16.3. The monoisotopic (exact) mass is 424 g/mol. The highest BCUT2D eigenvalue weighted by atomic mass is 35.5. The van der Waals surface area contributed by atoms with Crippen LogP contribution in [0.1, 0.15) is 46.4 Å². The van der Waals surface area contributed by atoms with Crippen molar-refractivity contribution in [1.29, 1.82) is 0 Å². The first-order chi connectivity index (χ1) is 14.5. The van der Waals surface area contributed by atoms with Gasteiger partial charge in [-0.2, -0.15) is 5.01 Å². The number of nitrogens with zero attached hydrogens (tertiary/aromatic N) is 2. The van der Waals surface area contributed by atoms with Gasteiger partial charge < -0.3 is 0 Å². The van der Waals surface area contributed by atoms with Crippen LogP contribution in [0.3, 0.4) is 0 Å². The number of benzene rings is 2. The lowest BCUT2D eigenvalue weighted by Gasteiger charge is -2.30. The van der Waals surface area contributed by atoms with Crippen molar-refractivity contribution >= 4 is 35.1 Å². The molecule has 0 radical (unpaired) electrons. The number of carbonyl (C=O) groups excluding carboxylic acids is 4. The second-order valence-corrected chi connectivity index (χ2v) is 8.02. The molecule has 1 aliphatic heterocycles. The third kappa shape index (κ3) is 3.63. The zero-order valence-corrected chi connectivity index (χ0v) is 17.0. The van der Waals surface area contributed by atoms with Crippen LogP contribution in [0.4, 0.5) is 0 Å². The third-order valence-electron chi connectivity index (χ3n) is 5.79. The van der Waals surface area contributed by atoms with E-state index in [1.807, 2.05) is 0 Å². The van der Waals surface area contributed by atoms with Crippen molar-refractivity contribution in [1.82, 2.24) is 10.0 Å². The summed E-state index contributed by atoms with van der Waals surface area (Å²) in [4.78, 5) is 52.4. The average Bonchev–Trinajstić information content (AvgIpc) is 3.03. The first-order valence-electron chi connectivity index (χ1n) is 10.0. The second-order valence-electron chi connectivity index (χ2n) is 7.62. The number of fused-ring (bicyclic) bond motifs is 1. The lowest BCUT2D eigenvalue weighted by molar-refractivity contribution is -0.154. The Kier molecular flexibility index (Phi) is 5.68. The molecule has 6 nitrogen and oxygen atoms in total. The number of ketones is 1. The summed E-state index contributed by atoms with van der Waals surface area (Å²) in [7, 11) is 0. The van der Waals surface area contributed by atoms with Crippen LogP contribution in [0.25, 0.3) is 0 Å². The Labute approximate surface area is 179 Å². The van der Waals surface area contributed by atoms with Gasteiger partial charge in [-0.15, -0.1) is 0 Å². The maximum absolute atomic E-state index is 13.4. The van der Waals surface area contributed by atoms with E-state index in [0.29, 0.717) is 18.4 Å². The molecule has 0 unspecified atom stereocenters. The molecule has 154 valence electrons. The van der Waals surface area contributed by atoms with Crippen LogP contribution in [0.15, 0.2) is 54.6 Å². The molecule has 0 bridgehead atoms. The Morgan fingerprint density at radius 1 is 0.900 bits per heavy atom. The van der Waals surface area contributed by atoms with Gasteiger partial charge in [-0.1, -0.05) is 66.9 Å². The van der Waals surface area contributed by atoms with Crippen molar-refractivity contribution in [3.63, 3.8) is 0 Å². The van der Waals surface area contributed by atoms with E-state index in [0.717, 1.165) is 22.9 Å². The van der Waals surface area contributed by atoms with E-state index in [2.05, 4.69) is 0 Å². The number of hydrazine groups is 1. The van der Waals surface area contributed by atoms with Gasteiger partial charge in [0.1, 0.15) is 6.54 Å². The highest BCUT2D eigenvalue weighted by Crippen LogP contribution is 2.39. The van der Waals surface area contributed by atoms with Gasteiger partial charge in [-0.05, 0) is 25.0 Å². The van der Waals surface area contributed by atoms with E-state index in [1.165, 1.54) is 6.07 Å². The van der Waals surface area contributed by atoms with Crippen LogP contribution < -0.4 is 0 Å². The van der Waals surface area contributed by atoms with Crippen LogP contribution in [0.2, 0.25) is 5.02 Å². The Hall–Kier alpha value is -2.99. The van der Waals surface area contributed by atoms with Gasteiger partial charge in [-0.3, -0.25) is 19.2 Å². The van der Waals surface area contributed by atoms with Crippen molar-refractivity contribution < 1.29 is 19.2 Å². The van der Waals surface area contributed by atoms with E-state index >= 15 is 0 Å². The molecule has 30 heavy (non-hydrogen) atoms. The molecule has 4 rings (SSSR count). The first kappa shape index (κ1) is 20.3. The van der Waals surface area contributed by atoms with Crippen molar-refractivity contribution in [2.45, 2.75) is 25.7 Å². The fourth-order valence-electron chi connectivity index (χ4n) is 4.24. The maximum atomic E-state index is 13.4. The highest BCUT2D eigenvalue weighted by Gasteiger charge is 2.51. The van der Waals surface area contributed by atoms with E-state index in [1.54, 1.807) is 48.5 Å². The molecule has 0 spiro atoms. The normalized spacial score (nSPS) is 20.8. The fourth-order valence-corrected chi connectivity index (χ4v) is 4.46. The molecule has 1 saturated carbocycles. The zero-order chi connectivity index (χ0) is 21.3. The Morgan fingerprint density at radius 3 is 2.07 bits per heavy atom. The minimum absolute atomic E-state index is 0.135. The molecule has 2 aromatic carbocycles. The predicted molar refractivity (Wildman–Crippen MR) is 111 cm³/mol. The van der Waals surface area contributed by atoms with Gasteiger partial charge in [0, 0.05) is 5.56 Å². The number of hydrogen-bond donors (Lipinski definition) is 0. The molecular weight excluding hydrogens is 404 g/mol. The lowest BCUT2D eigenvalue weighted by atomic mass is 9.81. The van der Waals surface area contributed by atoms with Crippen molar-refractivity contribution in [3.05, 3.63) is 70.7 Å². The standard InChI is InChI=1S/C23H21ClN2O4/c24-19-13-7-6-12-18(19)21(28)25(14-20(27)15-8-2-1-3-9-15)26-22(29)16-10-4-5-11-17(16)23(26)30/h1-3,6-9,12-13,16-17H,4-5,10-11,14H2/t16-,17-/m1/s1. The highest BCUT2D eigenvalue weighted by molar-refractivity contribution is 6.34. The van der Waals surface area contributed by atoms with E-state index < -0.39 is 36.1 Å². The summed E-state index contributed by atoms with van der Waals surface area (Å²) >= 11 is 6.20. The van der Waals surface area contributed by atoms with Crippen LogP contribution >= 0.6 is 11.6 Å². The Bertz CT molecular complexity index is 983. The van der Waals surface area contributed by atoms with Gasteiger partial charge in [0.25, 0.3) is 17.7 Å². The lowest BCUT2D eigenvalue weighted by Crippen LogP contribution is -2.52. The molecule has 1 saturated heterocycles. The van der Waals surface area contributed by atoms with Crippen LogP contribution in [-0.4, -0.2) is 40.1 Å². The quantitative estimate of drug-likeness (QED) is 0.541. The number of Topliss-reactive ketones (excluding diaryl/α,β-unsaturated/α-hetero) is 1. The first-order valence-corrected chi connectivity index (χ1v) is 10.4. The number of hydrogen-bond acceptors (Lipinski definition) is 4. The topological polar surface area (TPSA) is 74.8 Å². The number of amides is 3. The molecule has 1 aliphatic carbocycles. The Morgan fingerprint density at radius 2 is 1.47 bits per heavy atom. The van der Waals surface area contributed by atoms with Crippen molar-refractivity contribution in [2.75, 3.05) is 6.54 Å². The van der Waals surface area contributed by atoms with Gasteiger partial charge in [0.2, 0.25) is 0 Å². The molecule has 2 aliphatic rings. The van der Waals surface area contributed by atoms with E-state index in [4.69, 9.17) is 11.6 Å². The molecule has 3 amide bonds. The second kappa shape index (κ2) is 8.40. The van der Waals surface area contributed by atoms with E-state index in [-0.39, 0.29) is 16.4 Å². The van der Waals surface area contributed by atoms with Crippen molar-refractivity contribution in [3.8, 4) is 0 Å². The van der Waals surface area contributed by atoms with Crippen LogP contribution in [0, 0.1) is 11.8 Å². The molecule has 1 heterocycles. The third-order valence-corrected chi connectivity index (χ3v) is 6.12. The molecule has 2 aromatic rings. The van der Waals surface area contributed by atoms with Gasteiger partial charge in [-0.25, -0.2) is 5.01 Å². The van der Waals surface area contributed by atoms with Crippen LogP contribution in [-0.2, 0) is 9.59 Å². The summed E-state index contributed by atoms with van der Waals surface area (Å²) in [6, 6.07) is 14.9. The van der Waals surface area contributed by atoms with Gasteiger partial charge >= 0.3 is 0 Å². The minimum Gasteiger partial charge on any atom is -0.292 e. The largest absolute Gasteiger partial charge is 0.292 e. The summed E-state index contributed by atoms with van der Waals surface area (Å²) < 4.78 is 0. The molecule has 0 aromatic heterocycles. The fraction of sp³-hybridized carbons (Fsp3) is 0.304. The van der Waals surface area contributed by atoms with Crippen LogP contribution in [0.5, 0.6) is 0 Å². The summed E-state index contributed by atoms with van der Waals surface area (Å²) in [6.45, 7) is -0.426. The minimum atomic E-state index is -0.648. The van der Waals surface area contributed by atoms with Gasteiger partial charge in [0.15, 0.2) is 5.78 Å². The van der Waals surface area contributed by atoms with Crippen molar-refractivity contribution in [2.24, 2.45) is 11.8 Å². The summed E-state index contributed by atoms with van der Waals surface area (Å²) in [5, 5.41) is 2.06. The average molecular weight is 425 g/mol. The summed E-state index contributed by atoms with van der Waals surface area (Å²) in [5.74, 6) is -2.70. The van der Waals surface area contributed by atoms with Gasteiger partial charge in [0.05, 0.1) is 22.4 Å². The molecular formula is C23H21ClN2O4. The predicted octanol–water partition coefficient (Wildman–Crippen LogP) is 3.76. The molecule has 2 fully saturated rings. The Balaban J connectivity index is 1.71. The molecule has 0 N–H and O–H groups in total. The number of rotatable bonds is 5. The smallest absolute Gasteiger partial charge is 0.274 e. The summed E-state index contributed by atoms with van der Waals surface area (Å²) in [6.07, 6.45) is 2.98. The van der Waals surface area contributed by atoms with E-state index in [9.17, 15) is 19.2 Å². The SMILES string of the molecule is O=C(CN(C(=O)c1ccccc1Cl)N1C(=O)[C@@H]2CCCC[C@H]2C1=O)c1ccccc1. The maximum Gasteiger partial charge on any atom is 0.274 e. The number of imide groups is 1.